The number of thiazole rings is 1. The summed E-state index contributed by atoms with van der Waals surface area (Å²) in [5.41, 5.74) is 6.46. The van der Waals surface area contributed by atoms with Gasteiger partial charge in [-0.3, -0.25) is 0 Å². The van der Waals surface area contributed by atoms with Gasteiger partial charge in [-0.05, 0) is 37.9 Å². The molecular weight excluding hydrogens is 228 g/mol. The molecule has 1 aromatic carbocycles. The van der Waals surface area contributed by atoms with E-state index in [2.05, 4.69) is 4.98 Å². The lowest BCUT2D eigenvalue weighted by Crippen LogP contribution is -1.98. The third kappa shape index (κ3) is 2.48. The molecule has 0 aliphatic carbocycles. The van der Waals surface area contributed by atoms with Gasteiger partial charge < -0.3 is 5.73 Å². The summed E-state index contributed by atoms with van der Waals surface area (Å²) in [6.07, 6.45) is 3.17. The molecule has 0 saturated heterocycles. The summed E-state index contributed by atoms with van der Waals surface area (Å²) in [6, 6.07) is 5.85. The maximum Gasteiger partial charge on any atom is 0.0939 e. The average molecular weight is 241 g/mol. The summed E-state index contributed by atoms with van der Waals surface area (Å²) < 4.78 is 1.10. The van der Waals surface area contributed by atoms with Crippen molar-refractivity contribution in [1.82, 2.24) is 4.98 Å². The quantitative estimate of drug-likeness (QED) is 0.834. The van der Waals surface area contributed by atoms with Crippen molar-refractivity contribution in [2.24, 2.45) is 5.73 Å². The fourth-order valence-electron chi connectivity index (χ4n) is 1.49. The van der Waals surface area contributed by atoms with Crippen LogP contribution in [0.5, 0.6) is 0 Å². The normalized spacial score (nSPS) is 11.1. The summed E-state index contributed by atoms with van der Waals surface area (Å²) in [5, 5.41) is 1.96. The molecule has 0 radical (unpaired) electrons. The molecule has 1 aromatic heterocycles. The summed E-state index contributed by atoms with van der Waals surface area (Å²) >= 11 is 7.77. The van der Waals surface area contributed by atoms with Crippen molar-refractivity contribution in [3.8, 4) is 0 Å². The van der Waals surface area contributed by atoms with Crippen LogP contribution in [0, 0.1) is 0 Å². The van der Waals surface area contributed by atoms with Crippen LogP contribution < -0.4 is 5.73 Å². The van der Waals surface area contributed by atoms with E-state index in [1.807, 2.05) is 18.2 Å². The largest absolute Gasteiger partial charge is 0.330 e. The standard InChI is InChI=1S/C11H13ClN2S/c12-8-4-3-5-9-11(8)15-10(14-9)6-1-2-7-13/h3-5H,1-2,6-7,13H2. The van der Waals surface area contributed by atoms with Gasteiger partial charge in [-0.1, -0.05) is 17.7 Å². The van der Waals surface area contributed by atoms with Crippen LogP contribution in [0.4, 0.5) is 0 Å². The lowest BCUT2D eigenvalue weighted by molar-refractivity contribution is 0.742. The zero-order valence-electron chi connectivity index (χ0n) is 8.37. The Hall–Kier alpha value is -0.640. The van der Waals surface area contributed by atoms with Gasteiger partial charge in [0, 0.05) is 0 Å². The van der Waals surface area contributed by atoms with Gasteiger partial charge in [0.15, 0.2) is 0 Å². The predicted molar refractivity (Wildman–Crippen MR) is 66.6 cm³/mol. The molecule has 0 fully saturated rings. The van der Waals surface area contributed by atoms with Crippen LogP contribution in [0.2, 0.25) is 5.02 Å². The van der Waals surface area contributed by atoms with Crippen LogP contribution in [0.1, 0.15) is 17.8 Å². The van der Waals surface area contributed by atoms with Crippen molar-refractivity contribution in [2.75, 3.05) is 6.54 Å². The molecular formula is C11H13ClN2S. The number of unbranched alkanes of at least 4 members (excludes halogenated alkanes) is 1. The smallest absolute Gasteiger partial charge is 0.0939 e. The van der Waals surface area contributed by atoms with Crippen molar-refractivity contribution in [3.05, 3.63) is 28.2 Å². The first-order valence-corrected chi connectivity index (χ1v) is 6.24. The topological polar surface area (TPSA) is 38.9 Å². The van der Waals surface area contributed by atoms with E-state index < -0.39 is 0 Å². The second-order valence-electron chi connectivity index (χ2n) is 3.44. The Balaban J connectivity index is 2.20. The molecule has 0 unspecified atom stereocenters. The van der Waals surface area contributed by atoms with Gasteiger partial charge >= 0.3 is 0 Å². The Morgan fingerprint density at radius 1 is 1.33 bits per heavy atom. The Labute approximate surface area is 98.1 Å². The summed E-state index contributed by atoms with van der Waals surface area (Å²) in [7, 11) is 0. The number of aromatic nitrogens is 1. The minimum atomic E-state index is 0.756. The van der Waals surface area contributed by atoms with E-state index in [4.69, 9.17) is 17.3 Å². The van der Waals surface area contributed by atoms with E-state index in [1.54, 1.807) is 11.3 Å². The summed E-state index contributed by atoms with van der Waals surface area (Å²) in [6.45, 7) is 0.756. The molecule has 2 rings (SSSR count). The van der Waals surface area contributed by atoms with Crippen molar-refractivity contribution in [1.29, 1.82) is 0 Å². The maximum absolute atomic E-state index is 6.08. The van der Waals surface area contributed by atoms with Crippen molar-refractivity contribution in [2.45, 2.75) is 19.3 Å². The molecule has 0 spiro atoms. The maximum atomic E-state index is 6.08. The second-order valence-corrected chi connectivity index (χ2v) is 4.93. The molecule has 0 aliphatic rings. The van der Waals surface area contributed by atoms with E-state index in [1.165, 1.54) is 0 Å². The van der Waals surface area contributed by atoms with Gasteiger partial charge in [-0.25, -0.2) is 4.98 Å². The number of benzene rings is 1. The van der Waals surface area contributed by atoms with E-state index in [0.29, 0.717) is 0 Å². The number of halogens is 1. The average Bonchev–Trinajstić information content (AvgIpc) is 2.63. The first-order valence-electron chi connectivity index (χ1n) is 5.05. The highest BCUT2D eigenvalue weighted by molar-refractivity contribution is 7.19. The Kier molecular flexibility index (Phi) is 3.57. The van der Waals surface area contributed by atoms with Gasteiger partial charge in [-0.15, -0.1) is 11.3 Å². The van der Waals surface area contributed by atoms with Crippen LogP contribution in [0.15, 0.2) is 18.2 Å². The molecule has 0 amide bonds. The van der Waals surface area contributed by atoms with Gasteiger partial charge in [0.1, 0.15) is 0 Å². The second kappa shape index (κ2) is 4.92. The molecule has 0 aliphatic heterocycles. The lowest BCUT2D eigenvalue weighted by Gasteiger charge is -1.92. The van der Waals surface area contributed by atoms with Crippen molar-refractivity contribution in [3.63, 3.8) is 0 Å². The minimum absolute atomic E-state index is 0.756. The van der Waals surface area contributed by atoms with Gasteiger partial charge in [0.05, 0.1) is 20.2 Å². The van der Waals surface area contributed by atoms with E-state index in [0.717, 1.165) is 46.1 Å². The van der Waals surface area contributed by atoms with Gasteiger partial charge in [-0.2, -0.15) is 0 Å². The van der Waals surface area contributed by atoms with E-state index in [-0.39, 0.29) is 0 Å². The SMILES string of the molecule is NCCCCc1nc2cccc(Cl)c2s1. The zero-order valence-corrected chi connectivity index (χ0v) is 9.94. The molecule has 1 heterocycles. The van der Waals surface area contributed by atoms with Crippen molar-refractivity contribution >= 4 is 33.2 Å². The molecule has 2 aromatic rings. The summed E-state index contributed by atoms with van der Waals surface area (Å²) in [4.78, 5) is 4.54. The third-order valence-electron chi connectivity index (χ3n) is 2.26. The minimum Gasteiger partial charge on any atom is -0.330 e. The predicted octanol–water partition coefficient (Wildman–Crippen LogP) is 3.23. The summed E-state index contributed by atoms with van der Waals surface area (Å²) in [5.74, 6) is 0. The number of hydrogen-bond acceptors (Lipinski definition) is 3. The van der Waals surface area contributed by atoms with Crippen molar-refractivity contribution < 1.29 is 0 Å². The number of hydrogen-bond donors (Lipinski definition) is 1. The van der Waals surface area contributed by atoms with Gasteiger partial charge in [0.25, 0.3) is 0 Å². The highest BCUT2D eigenvalue weighted by atomic mass is 35.5. The van der Waals surface area contributed by atoms with E-state index in [9.17, 15) is 0 Å². The van der Waals surface area contributed by atoms with E-state index >= 15 is 0 Å². The Morgan fingerprint density at radius 3 is 2.93 bits per heavy atom. The first-order chi connectivity index (χ1) is 7.31. The molecule has 80 valence electrons. The first kappa shape index (κ1) is 10.9. The molecule has 2 N–H and O–H groups in total. The third-order valence-corrected chi connectivity index (χ3v) is 3.85. The molecule has 0 atom stereocenters. The monoisotopic (exact) mass is 240 g/mol. The number of fused-ring (bicyclic) bond motifs is 1. The van der Waals surface area contributed by atoms with Crippen LogP contribution in [-0.2, 0) is 6.42 Å². The molecule has 4 heteroatoms. The Bertz CT molecular complexity index is 453. The van der Waals surface area contributed by atoms with Crippen LogP contribution in [0.3, 0.4) is 0 Å². The molecule has 0 saturated carbocycles. The highest BCUT2D eigenvalue weighted by Gasteiger charge is 2.05. The number of aryl methyl sites for hydroxylation is 1. The molecule has 15 heavy (non-hydrogen) atoms. The highest BCUT2D eigenvalue weighted by Crippen LogP contribution is 2.29. The van der Waals surface area contributed by atoms with Gasteiger partial charge in [0.2, 0.25) is 0 Å². The van der Waals surface area contributed by atoms with Crippen LogP contribution in [0.25, 0.3) is 10.2 Å². The molecule has 0 bridgehead atoms. The molecule has 2 nitrogen and oxygen atoms in total. The van der Waals surface area contributed by atoms with Crippen LogP contribution >= 0.6 is 22.9 Å². The number of rotatable bonds is 4. The lowest BCUT2D eigenvalue weighted by atomic mass is 10.2. The van der Waals surface area contributed by atoms with Crippen LogP contribution in [-0.4, -0.2) is 11.5 Å². The number of nitrogens with zero attached hydrogens (tertiary/aromatic N) is 1. The fourth-order valence-corrected chi connectivity index (χ4v) is 2.78. The zero-order chi connectivity index (χ0) is 10.7. The number of nitrogens with two attached hydrogens (primary N) is 1. The fraction of sp³-hybridized carbons (Fsp3) is 0.364. The Morgan fingerprint density at radius 2 is 2.20 bits per heavy atom.